The predicted molar refractivity (Wildman–Crippen MR) is 121 cm³/mol. The number of fused-ring (bicyclic) bond motifs is 2. The molecule has 2 aromatic carbocycles. The summed E-state index contributed by atoms with van der Waals surface area (Å²) in [6.45, 7) is 1.95. The van der Waals surface area contributed by atoms with Crippen LogP contribution in [0.4, 0.5) is 0 Å². The summed E-state index contributed by atoms with van der Waals surface area (Å²) in [6, 6.07) is 13.7. The highest BCUT2D eigenvalue weighted by Gasteiger charge is 2.20. The van der Waals surface area contributed by atoms with Crippen LogP contribution >= 0.6 is 0 Å². The zero-order valence-electron chi connectivity index (χ0n) is 17.6. The molecule has 0 unspecified atom stereocenters. The fourth-order valence-electron chi connectivity index (χ4n) is 4.21. The van der Waals surface area contributed by atoms with Gasteiger partial charge >= 0.3 is 0 Å². The third-order valence-electron chi connectivity index (χ3n) is 6.03. The maximum absolute atomic E-state index is 12.7. The van der Waals surface area contributed by atoms with Crippen LogP contribution in [0.2, 0.25) is 0 Å². The van der Waals surface area contributed by atoms with Gasteiger partial charge in [0.05, 0.1) is 34.4 Å². The molecule has 2 aromatic heterocycles. The van der Waals surface area contributed by atoms with Gasteiger partial charge < -0.3 is 15.2 Å². The van der Waals surface area contributed by atoms with Crippen molar-refractivity contribution >= 4 is 33.4 Å². The topological polar surface area (TPSA) is 95.7 Å². The van der Waals surface area contributed by atoms with Crippen molar-refractivity contribution in [1.82, 2.24) is 25.5 Å². The first-order valence-electron chi connectivity index (χ1n) is 10.6. The van der Waals surface area contributed by atoms with Gasteiger partial charge in [-0.15, -0.1) is 0 Å². The van der Waals surface area contributed by atoms with Crippen molar-refractivity contribution in [3.63, 3.8) is 0 Å². The van der Waals surface area contributed by atoms with Crippen LogP contribution in [0, 0.1) is 0 Å². The van der Waals surface area contributed by atoms with E-state index in [-0.39, 0.29) is 17.8 Å². The van der Waals surface area contributed by atoms with E-state index in [1.54, 1.807) is 7.11 Å². The van der Waals surface area contributed by atoms with E-state index in [9.17, 15) is 4.79 Å². The van der Waals surface area contributed by atoms with Crippen molar-refractivity contribution in [1.29, 1.82) is 0 Å². The Morgan fingerprint density at radius 3 is 2.65 bits per heavy atom. The van der Waals surface area contributed by atoms with Crippen LogP contribution in [0.15, 0.2) is 48.5 Å². The number of imidazole rings is 1. The van der Waals surface area contributed by atoms with Crippen LogP contribution in [0.5, 0.6) is 0 Å². The van der Waals surface area contributed by atoms with Crippen molar-refractivity contribution in [3.8, 4) is 0 Å². The number of hydrogen-bond donors (Lipinski definition) is 3. The molecule has 0 fully saturated rings. The second kappa shape index (κ2) is 8.00. The summed E-state index contributed by atoms with van der Waals surface area (Å²) in [5, 5.41) is 10.6. The number of amides is 1. The number of nitrogens with one attached hydrogen (secondary N) is 3. The summed E-state index contributed by atoms with van der Waals surface area (Å²) in [5.41, 5.74) is 5.74. The molecule has 1 aliphatic rings. The van der Waals surface area contributed by atoms with Crippen LogP contribution in [0.1, 0.15) is 54.1 Å². The zero-order chi connectivity index (χ0) is 21.4. The number of allylic oxidation sites excluding steroid dienone is 1. The fourth-order valence-corrected chi connectivity index (χ4v) is 4.21. The van der Waals surface area contributed by atoms with Gasteiger partial charge in [-0.2, -0.15) is 0 Å². The molecule has 31 heavy (non-hydrogen) atoms. The number of ether oxygens (including phenoxy) is 1. The molecule has 1 aliphatic carbocycles. The van der Waals surface area contributed by atoms with E-state index >= 15 is 0 Å². The first-order chi connectivity index (χ1) is 15.1. The quantitative estimate of drug-likeness (QED) is 0.447. The van der Waals surface area contributed by atoms with Crippen molar-refractivity contribution in [3.05, 3.63) is 65.6 Å². The molecule has 7 nitrogen and oxygen atoms in total. The molecule has 2 heterocycles. The van der Waals surface area contributed by atoms with E-state index in [0.717, 1.165) is 41.4 Å². The van der Waals surface area contributed by atoms with Crippen LogP contribution in [0.25, 0.3) is 27.5 Å². The van der Waals surface area contributed by atoms with Gasteiger partial charge in [0.1, 0.15) is 0 Å². The van der Waals surface area contributed by atoms with Gasteiger partial charge in [0.2, 0.25) is 5.82 Å². The van der Waals surface area contributed by atoms with Gasteiger partial charge in [0.15, 0.2) is 0 Å². The summed E-state index contributed by atoms with van der Waals surface area (Å²) in [6.07, 6.45) is 5.40. The molecule has 0 radical (unpaired) electrons. The van der Waals surface area contributed by atoms with Gasteiger partial charge in [-0.25, -0.2) is 9.97 Å². The van der Waals surface area contributed by atoms with Crippen LogP contribution in [0.3, 0.4) is 0 Å². The summed E-state index contributed by atoms with van der Waals surface area (Å²) >= 11 is 0. The van der Waals surface area contributed by atoms with Gasteiger partial charge in [0, 0.05) is 12.5 Å². The first kappa shape index (κ1) is 19.5. The summed E-state index contributed by atoms with van der Waals surface area (Å²) in [7, 11) is 1.76. The minimum atomic E-state index is -0.274. The van der Waals surface area contributed by atoms with E-state index in [2.05, 4.69) is 31.6 Å². The molecule has 0 spiro atoms. The third kappa shape index (κ3) is 3.72. The van der Waals surface area contributed by atoms with Gasteiger partial charge in [-0.05, 0) is 49.5 Å². The first-order valence-corrected chi connectivity index (χ1v) is 10.6. The number of benzene rings is 2. The van der Waals surface area contributed by atoms with Crippen molar-refractivity contribution in [2.75, 3.05) is 7.11 Å². The van der Waals surface area contributed by atoms with Crippen LogP contribution in [-0.4, -0.2) is 39.3 Å². The molecule has 3 N–H and O–H groups in total. The summed E-state index contributed by atoms with van der Waals surface area (Å²) in [4.78, 5) is 21.7. The number of nitrogens with zero attached hydrogens (tertiary/aromatic N) is 2. The number of aromatic amines is 2. The lowest BCUT2D eigenvalue weighted by atomic mass is 9.93. The molecule has 158 valence electrons. The Labute approximate surface area is 179 Å². The highest BCUT2D eigenvalue weighted by Crippen LogP contribution is 2.32. The van der Waals surface area contributed by atoms with E-state index < -0.39 is 0 Å². The minimum Gasteiger partial charge on any atom is -0.381 e. The molecule has 2 atom stereocenters. The van der Waals surface area contributed by atoms with Crippen molar-refractivity contribution in [2.24, 2.45) is 0 Å². The lowest BCUT2D eigenvalue weighted by molar-refractivity contribution is 0.0930. The highest BCUT2D eigenvalue weighted by molar-refractivity contribution is 6.01. The minimum absolute atomic E-state index is 0.125. The average Bonchev–Trinajstić information content (AvgIpc) is 3.41. The van der Waals surface area contributed by atoms with Crippen molar-refractivity contribution in [2.45, 2.75) is 38.3 Å². The number of methoxy groups -OCH3 is 1. The zero-order valence-corrected chi connectivity index (χ0v) is 17.6. The number of aromatic nitrogens is 4. The maximum Gasteiger partial charge on any atom is 0.289 e. The van der Waals surface area contributed by atoms with E-state index in [1.165, 1.54) is 5.57 Å². The molecule has 1 amide bonds. The molecule has 4 aromatic rings. The smallest absolute Gasteiger partial charge is 0.289 e. The van der Waals surface area contributed by atoms with Gasteiger partial charge in [-0.3, -0.25) is 9.89 Å². The molecule has 0 saturated heterocycles. The Hall–Kier alpha value is -3.45. The Balaban J connectivity index is 1.42. The van der Waals surface area contributed by atoms with E-state index in [0.29, 0.717) is 17.1 Å². The number of rotatable bonds is 5. The second-order valence-electron chi connectivity index (χ2n) is 8.03. The van der Waals surface area contributed by atoms with Gasteiger partial charge in [-0.1, -0.05) is 36.4 Å². The molecule has 7 heteroatoms. The lowest BCUT2D eigenvalue weighted by Gasteiger charge is -2.20. The Morgan fingerprint density at radius 1 is 1.16 bits per heavy atom. The summed E-state index contributed by atoms with van der Waals surface area (Å²) in [5.74, 6) is -0.0839. The highest BCUT2D eigenvalue weighted by atomic mass is 16.5. The second-order valence-corrected chi connectivity index (χ2v) is 8.03. The predicted octanol–water partition coefficient (Wildman–Crippen LogP) is 4.51. The van der Waals surface area contributed by atoms with E-state index in [4.69, 9.17) is 4.74 Å². The number of H-pyrrole nitrogens is 2. The van der Waals surface area contributed by atoms with Gasteiger partial charge in [0.25, 0.3) is 5.91 Å². The number of carbonyl (C=O) groups is 1. The normalized spacial score (nSPS) is 17.6. The number of hydrogen-bond acceptors (Lipinski definition) is 4. The molecule has 5 rings (SSSR count). The molecule has 0 bridgehead atoms. The van der Waals surface area contributed by atoms with Crippen LogP contribution in [-0.2, 0) is 4.74 Å². The molecular formula is C24H25N5O2. The summed E-state index contributed by atoms with van der Waals surface area (Å²) < 4.78 is 5.46. The molecule has 0 saturated carbocycles. The third-order valence-corrected chi connectivity index (χ3v) is 6.03. The largest absolute Gasteiger partial charge is 0.381 e. The Kier molecular flexibility index (Phi) is 5.03. The average molecular weight is 415 g/mol. The SMILES string of the molecule is CO[C@@H]1CC=C(c2[nH][nH]c3cc4nc(C(=O)N[C@H](C)c5ccccc5)nc4cc23)CC1. The maximum atomic E-state index is 12.7. The van der Waals surface area contributed by atoms with Crippen LogP contribution < -0.4 is 5.32 Å². The molecular weight excluding hydrogens is 390 g/mol. The molecule has 0 aliphatic heterocycles. The lowest BCUT2D eigenvalue weighted by Crippen LogP contribution is -2.27. The fraction of sp³-hybridized carbons (Fsp3) is 0.292. The Morgan fingerprint density at radius 2 is 1.94 bits per heavy atom. The van der Waals surface area contributed by atoms with Crippen molar-refractivity contribution < 1.29 is 9.53 Å². The standard InChI is InChI=1S/C24H25N5O2/c1-14(15-6-4-3-5-7-15)25-24(30)23-26-20-12-18-19(13-21(20)27-23)28-29-22(18)16-8-10-17(31-2)11-9-16/h3-8,12-14,17,28-29H,9-11H2,1-2H3,(H,25,30)/t14-,17-/m1/s1. The monoisotopic (exact) mass is 415 g/mol. The Bertz CT molecular complexity index is 1270. The van der Waals surface area contributed by atoms with E-state index in [1.807, 2.05) is 49.4 Å². The number of carbonyl (C=O) groups excluding carboxylic acids is 1.